The molecule has 0 amide bonds. The molecule has 1 unspecified atom stereocenters. The number of hydrogen-bond acceptors (Lipinski definition) is 1. The van der Waals surface area contributed by atoms with Crippen LogP contribution in [-0.2, 0) is 6.18 Å². The maximum Gasteiger partial charge on any atom is 0.416 e. The summed E-state index contributed by atoms with van der Waals surface area (Å²) in [6, 6.07) is 11.7. The standard InChI is InChI=1S/C14H10F3IO/c15-14(16,17)11-3-1-2-10(8-11)13(19)9-4-6-12(18)7-5-9/h1-8,13,19H. The molecule has 0 saturated carbocycles. The van der Waals surface area contributed by atoms with E-state index in [-0.39, 0.29) is 5.56 Å². The van der Waals surface area contributed by atoms with E-state index in [4.69, 9.17) is 0 Å². The Bertz CT molecular complexity index is 564. The summed E-state index contributed by atoms with van der Waals surface area (Å²) in [5.74, 6) is 0. The minimum atomic E-state index is -4.40. The van der Waals surface area contributed by atoms with Gasteiger partial charge in [-0.15, -0.1) is 0 Å². The Hall–Kier alpha value is -1.08. The van der Waals surface area contributed by atoms with Crippen molar-refractivity contribution >= 4 is 22.6 Å². The molecule has 1 atom stereocenters. The Morgan fingerprint density at radius 2 is 1.58 bits per heavy atom. The van der Waals surface area contributed by atoms with E-state index in [2.05, 4.69) is 22.6 Å². The summed E-state index contributed by atoms with van der Waals surface area (Å²) in [4.78, 5) is 0. The van der Waals surface area contributed by atoms with Gasteiger partial charge in [0.15, 0.2) is 0 Å². The average Bonchev–Trinajstić information content (AvgIpc) is 2.38. The highest BCUT2D eigenvalue weighted by molar-refractivity contribution is 14.1. The number of hydrogen-bond donors (Lipinski definition) is 1. The van der Waals surface area contributed by atoms with Crippen molar-refractivity contribution in [3.63, 3.8) is 0 Å². The summed E-state index contributed by atoms with van der Waals surface area (Å²) in [5, 5.41) is 10.1. The van der Waals surface area contributed by atoms with Crippen LogP contribution in [0.4, 0.5) is 13.2 Å². The van der Waals surface area contributed by atoms with Crippen LogP contribution in [0.3, 0.4) is 0 Å². The van der Waals surface area contributed by atoms with Crippen LogP contribution in [0.25, 0.3) is 0 Å². The van der Waals surface area contributed by atoms with Gasteiger partial charge in [-0.05, 0) is 58.0 Å². The van der Waals surface area contributed by atoms with Crippen LogP contribution in [0.5, 0.6) is 0 Å². The molecule has 19 heavy (non-hydrogen) atoms. The van der Waals surface area contributed by atoms with Crippen LogP contribution in [0.1, 0.15) is 22.8 Å². The fraction of sp³-hybridized carbons (Fsp3) is 0.143. The van der Waals surface area contributed by atoms with Crippen LogP contribution >= 0.6 is 22.6 Å². The lowest BCUT2D eigenvalue weighted by molar-refractivity contribution is -0.137. The topological polar surface area (TPSA) is 20.2 Å². The number of aliphatic hydroxyl groups is 1. The minimum Gasteiger partial charge on any atom is -0.384 e. The van der Waals surface area contributed by atoms with Gasteiger partial charge in [0.2, 0.25) is 0 Å². The molecule has 0 fully saturated rings. The Morgan fingerprint density at radius 1 is 0.947 bits per heavy atom. The molecule has 0 aliphatic rings. The molecule has 0 saturated heterocycles. The molecule has 0 spiro atoms. The molecule has 100 valence electrons. The van der Waals surface area contributed by atoms with Crippen LogP contribution in [0, 0.1) is 3.57 Å². The zero-order chi connectivity index (χ0) is 14.0. The summed E-state index contributed by atoms with van der Waals surface area (Å²) in [6.45, 7) is 0. The van der Waals surface area contributed by atoms with Crippen LogP contribution in [0.2, 0.25) is 0 Å². The van der Waals surface area contributed by atoms with Crippen molar-refractivity contribution in [1.82, 2.24) is 0 Å². The van der Waals surface area contributed by atoms with Gasteiger partial charge in [-0.25, -0.2) is 0 Å². The molecule has 0 aromatic heterocycles. The minimum absolute atomic E-state index is 0.232. The number of rotatable bonds is 2. The molecule has 2 rings (SSSR count). The maximum absolute atomic E-state index is 12.6. The third-order valence-electron chi connectivity index (χ3n) is 2.72. The predicted molar refractivity (Wildman–Crippen MR) is 74.7 cm³/mol. The number of halogens is 4. The van der Waals surface area contributed by atoms with Gasteiger partial charge in [-0.3, -0.25) is 0 Å². The van der Waals surface area contributed by atoms with Crippen LogP contribution < -0.4 is 0 Å². The van der Waals surface area contributed by atoms with E-state index < -0.39 is 17.8 Å². The molecular weight excluding hydrogens is 368 g/mol. The number of aliphatic hydroxyl groups excluding tert-OH is 1. The first-order chi connectivity index (χ1) is 8.88. The largest absolute Gasteiger partial charge is 0.416 e. The lowest BCUT2D eigenvalue weighted by atomic mass is 10.00. The van der Waals surface area contributed by atoms with Crippen molar-refractivity contribution < 1.29 is 18.3 Å². The van der Waals surface area contributed by atoms with Gasteiger partial charge in [-0.1, -0.05) is 24.3 Å². The summed E-state index contributed by atoms with van der Waals surface area (Å²) < 4.78 is 38.8. The molecule has 0 aliphatic heterocycles. The third-order valence-corrected chi connectivity index (χ3v) is 3.43. The first kappa shape index (κ1) is 14.3. The summed E-state index contributed by atoms with van der Waals surface area (Å²) in [7, 11) is 0. The second-order valence-corrected chi connectivity index (χ2v) is 5.32. The third kappa shape index (κ3) is 3.48. The molecule has 0 heterocycles. The highest BCUT2D eigenvalue weighted by Crippen LogP contribution is 2.32. The quantitative estimate of drug-likeness (QED) is 0.769. The van der Waals surface area contributed by atoms with E-state index in [0.717, 1.165) is 15.7 Å². The fourth-order valence-corrected chi connectivity index (χ4v) is 2.08. The molecule has 0 aliphatic carbocycles. The van der Waals surface area contributed by atoms with Crippen molar-refractivity contribution in [2.75, 3.05) is 0 Å². The van der Waals surface area contributed by atoms with Gasteiger partial charge in [-0.2, -0.15) is 13.2 Å². The van der Waals surface area contributed by atoms with Gasteiger partial charge in [0, 0.05) is 3.57 Å². The van der Waals surface area contributed by atoms with E-state index in [1.54, 1.807) is 24.3 Å². The fourth-order valence-electron chi connectivity index (χ4n) is 1.72. The Labute approximate surface area is 122 Å². The second kappa shape index (κ2) is 5.50. The summed E-state index contributed by atoms with van der Waals surface area (Å²) >= 11 is 2.12. The highest BCUT2D eigenvalue weighted by Gasteiger charge is 2.30. The van der Waals surface area contributed by atoms with Gasteiger partial charge in [0.05, 0.1) is 5.56 Å². The Balaban J connectivity index is 2.34. The van der Waals surface area contributed by atoms with E-state index in [9.17, 15) is 18.3 Å². The predicted octanol–water partition coefficient (Wildman–Crippen LogP) is 4.39. The van der Waals surface area contributed by atoms with Crippen molar-refractivity contribution in [1.29, 1.82) is 0 Å². The monoisotopic (exact) mass is 378 g/mol. The number of benzene rings is 2. The summed E-state index contributed by atoms with van der Waals surface area (Å²) in [5.41, 5.74) is 0.0466. The zero-order valence-corrected chi connectivity index (χ0v) is 11.8. The first-order valence-corrected chi connectivity index (χ1v) is 6.56. The van der Waals surface area contributed by atoms with Crippen LogP contribution in [0.15, 0.2) is 48.5 Å². The van der Waals surface area contributed by atoms with Crippen molar-refractivity contribution in [3.05, 3.63) is 68.8 Å². The molecule has 0 bridgehead atoms. The van der Waals surface area contributed by atoms with E-state index >= 15 is 0 Å². The molecule has 5 heteroatoms. The molecule has 1 nitrogen and oxygen atoms in total. The van der Waals surface area contributed by atoms with Crippen molar-refractivity contribution in [2.24, 2.45) is 0 Å². The van der Waals surface area contributed by atoms with Gasteiger partial charge >= 0.3 is 6.18 Å². The average molecular weight is 378 g/mol. The molecule has 2 aromatic carbocycles. The smallest absolute Gasteiger partial charge is 0.384 e. The van der Waals surface area contributed by atoms with Gasteiger partial charge < -0.3 is 5.11 Å². The number of alkyl halides is 3. The summed E-state index contributed by atoms with van der Waals surface area (Å²) in [6.07, 6.45) is -5.46. The Kier molecular flexibility index (Phi) is 4.15. The van der Waals surface area contributed by atoms with Gasteiger partial charge in [0.25, 0.3) is 0 Å². The normalized spacial score (nSPS) is 13.3. The first-order valence-electron chi connectivity index (χ1n) is 5.48. The Morgan fingerprint density at radius 3 is 2.16 bits per heavy atom. The van der Waals surface area contributed by atoms with E-state index in [1.165, 1.54) is 12.1 Å². The van der Waals surface area contributed by atoms with Crippen LogP contribution in [-0.4, -0.2) is 5.11 Å². The van der Waals surface area contributed by atoms with Crippen molar-refractivity contribution in [3.8, 4) is 0 Å². The molecule has 2 aromatic rings. The SMILES string of the molecule is OC(c1ccc(I)cc1)c1cccc(C(F)(F)F)c1. The lowest BCUT2D eigenvalue weighted by Gasteiger charge is -2.14. The second-order valence-electron chi connectivity index (χ2n) is 4.08. The molecular formula is C14H10F3IO. The zero-order valence-electron chi connectivity index (χ0n) is 9.66. The molecule has 0 radical (unpaired) electrons. The molecule has 1 N–H and O–H groups in total. The van der Waals surface area contributed by atoms with E-state index in [1.807, 2.05) is 0 Å². The van der Waals surface area contributed by atoms with E-state index in [0.29, 0.717) is 5.56 Å². The van der Waals surface area contributed by atoms with Crippen molar-refractivity contribution in [2.45, 2.75) is 12.3 Å². The lowest BCUT2D eigenvalue weighted by Crippen LogP contribution is -2.07. The van der Waals surface area contributed by atoms with Gasteiger partial charge in [0.1, 0.15) is 6.10 Å². The highest BCUT2D eigenvalue weighted by atomic mass is 127. The maximum atomic E-state index is 12.6.